The Labute approximate surface area is 122 Å². The van der Waals surface area contributed by atoms with Crippen LogP contribution in [-0.4, -0.2) is 19.4 Å². The van der Waals surface area contributed by atoms with Crippen molar-refractivity contribution < 1.29 is 8.42 Å². The van der Waals surface area contributed by atoms with Gasteiger partial charge in [-0.2, -0.15) is 8.42 Å². The molecule has 0 atom stereocenters. The fourth-order valence-corrected chi connectivity index (χ4v) is 5.35. The molecule has 2 rings (SSSR count). The van der Waals surface area contributed by atoms with Crippen LogP contribution in [-0.2, 0) is 10.3 Å². The van der Waals surface area contributed by atoms with Crippen molar-refractivity contribution in [2.24, 2.45) is 0 Å². The zero-order chi connectivity index (χ0) is 14.4. The van der Waals surface area contributed by atoms with Gasteiger partial charge in [-0.15, -0.1) is 0 Å². The van der Waals surface area contributed by atoms with Crippen molar-refractivity contribution in [3.8, 4) is 0 Å². The van der Waals surface area contributed by atoms with Gasteiger partial charge in [0.15, 0.2) is 0 Å². The maximum absolute atomic E-state index is 11.3. The highest BCUT2D eigenvalue weighted by Crippen LogP contribution is 2.33. The summed E-state index contributed by atoms with van der Waals surface area (Å²) in [5.74, 6) is 0. The van der Waals surface area contributed by atoms with Gasteiger partial charge in [-0.1, -0.05) is 67.6 Å². The molecular formula is C16H17O2PS. The first-order chi connectivity index (χ1) is 9.72. The molecule has 0 aromatic heterocycles. The lowest BCUT2D eigenvalue weighted by molar-refractivity contribution is 0.626. The van der Waals surface area contributed by atoms with E-state index in [1.807, 2.05) is 43.3 Å². The summed E-state index contributed by atoms with van der Waals surface area (Å²) in [5.41, 5.74) is 0. The third-order valence-electron chi connectivity index (χ3n) is 3.10. The normalized spacial score (nSPS) is 10.5. The Hall–Kier alpha value is -1.44. The van der Waals surface area contributed by atoms with E-state index in [0.29, 0.717) is 17.4 Å². The van der Waals surface area contributed by atoms with E-state index in [-0.39, 0.29) is 0 Å². The molecule has 0 aliphatic carbocycles. The minimum absolute atomic E-state index is 0.578. The zero-order valence-electron chi connectivity index (χ0n) is 11.4. The first kappa shape index (κ1) is 15.0. The van der Waals surface area contributed by atoms with Crippen LogP contribution in [0.25, 0.3) is 0 Å². The molecule has 0 fully saturated rings. The van der Waals surface area contributed by atoms with Gasteiger partial charge in [0.1, 0.15) is 0 Å². The molecule has 0 spiro atoms. The van der Waals surface area contributed by atoms with Crippen LogP contribution in [0, 0.1) is 0 Å². The van der Waals surface area contributed by atoms with Crippen LogP contribution < -0.4 is 10.6 Å². The zero-order valence-corrected chi connectivity index (χ0v) is 13.1. The number of hydrogen-bond acceptors (Lipinski definition) is 2. The molecule has 4 heteroatoms. The largest absolute Gasteiger partial charge is 0.213 e. The summed E-state index contributed by atoms with van der Waals surface area (Å²) in [6.45, 7) is 1.90. The Bertz CT molecular complexity index is 631. The second-order valence-electron chi connectivity index (χ2n) is 4.38. The number of rotatable bonds is 5. The SMILES string of the molecule is CCC(CP(c1ccccc1)c1ccccc1)=S(=O)=O. The lowest BCUT2D eigenvalue weighted by atomic mass is 10.4. The van der Waals surface area contributed by atoms with Crippen LogP contribution in [0.3, 0.4) is 0 Å². The molecule has 0 unspecified atom stereocenters. The Kier molecular flexibility index (Phi) is 5.51. The average molecular weight is 304 g/mol. The second kappa shape index (κ2) is 7.37. The van der Waals surface area contributed by atoms with Gasteiger partial charge in [0.05, 0.1) is 4.86 Å². The van der Waals surface area contributed by atoms with E-state index in [4.69, 9.17) is 0 Å². The number of hydrogen-bond donors (Lipinski definition) is 0. The van der Waals surface area contributed by atoms with Crippen LogP contribution in [0.5, 0.6) is 0 Å². The smallest absolute Gasteiger partial charge is 0.185 e. The lowest BCUT2D eigenvalue weighted by Crippen LogP contribution is -2.18. The van der Waals surface area contributed by atoms with E-state index in [1.165, 1.54) is 10.6 Å². The van der Waals surface area contributed by atoms with Crippen molar-refractivity contribution in [3.63, 3.8) is 0 Å². The molecule has 0 bridgehead atoms. The predicted molar refractivity (Wildman–Crippen MR) is 88.2 cm³/mol. The summed E-state index contributed by atoms with van der Waals surface area (Å²) in [4.78, 5) is 0.601. The summed E-state index contributed by atoms with van der Waals surface area (Å²) in [6, 6.07) is 20.3. The summed E-state index contributed by atoms with van der Waals surface area (Å²) < 4.78 is 22.6. The third-order valence-corrected chi connectivity index (χ3v) is 6.76. The van der Waals surface area contributed by atoms with Crippen LogP contribution in [0.15, 0.2) is 60.7 Å². The molecule has 0 aliphatic rings. The van der Waals surface area contributed by atoms with Gasteiger partial charge in [-0.25, -0.2) is 0 Å². The summed E-state index contributed by atoms with van der Waals surface area (Å²) in [5, 5.41) is 2.43. The van der Waals surface area contributed by atoms with Gasteiger partial charge in [-0.3, -0.25) is 0 Å². The summed E-state index contributed by atoms with van der Waals surface area (Å²) >= 11 is 0. The molecule has 2 aromatic rings. The molecule has 0 amide bonds. The van der Waals surface area contributed by atoms with Crippen molar-refractivity contribution in [3.05, 3.63) is 60.7 Å². The van der Waals surface area contributed by atoms with Gasteiger partial charge >= 0.3 is 0 Å². The first-order valence-electron chi connectivity index (χ1n) is 6.54. The van der Waals surface area contributed by atoms with E-state index >= 15 is 0 Å². The van der Waals surface area contributed by atoms with Crippen LogP contribution in [0.2, 0.25) is 0 Å². The molecule has 0 N–H and O–H groups in total. The third kappa shape index (κ3) is 3.78. The number of benzene rings is 2. The summed E-state index contributed by atoms with van der Waals surface area (Å²) in [6.07, 6.45) is 1.19. The highest BCUT2D eigenvalue weighted by atomic mass is 32.2. The Balaban J connectivity index is 2.43. The predicted octanol–water partition coefficient (Wildman–Crippen LogP) is 2.58. The molecule has 20 heavy (non-hydrogen) atoms. The molecule has 0 aliphatic heterocycles. The van der Waals surface area contributed by atoms with Crippen molar-refractivity contribution in [1.82, 2.24) is 0 Å². The average Bonchev–Trinajstić information content (AvgIpc) is 2.50. The molecule has 104 valence electrons. The van der Waals surface area contributed by atoms with Gasteiger partial charge in [0.25, 0.3) is 0 Å². The molecule has 2 aromatic carbocycles. The fourth-order valence-electron chi connectivity index (χ4n) is 2.01. The topological polar surface area (TPSA) is 34.1 Å². The van der Waals surface area contributed by atoms with E-state index < -0.39 is 18.2 Å². The van der Waals surface area contributed by atoms with E-state index in [1.54, 1.807) is 0 Å². The maximum Gasteiger partial charge on any atom is 0.213 e. The van der Waals surface area contributed by atoms with Crippen molar-refractivity contribution in [1.29, 1.82) is 0 Å². The Morgan fingerprint density at radius 3 is 1.70 bits per heavy atom. The van der Waals surface area contributed by atoms with Crippen molar-refractivity contribution in [2.45, 2.75) is 13.3 Å². The monoisotopic (exact) mass is 304 g/mol. The molecule has 0 saturated carbocycles. The molecule has 0 heterocycles. The fraction of sp³-hybridized carbons (Fsp3) is 0.188. The lowest BCUT2D eigenvalue weighted by Gasteiger charge is -2.18. The van der Waals surface area contributed by atoms with E-state index in [2.05, 4.69) is 24.3 Å². The quantitative estimate of drug-likeness (QED) is 0.628. The van der Waals surface area contributed by atoms with E-state index in [9.17, 15) is 8.42 Å². The van der Waals surface area contributed by atoms with E-state index in [0.717, 1.165) is 0 Å². The standard InChI is InChI=1S/C16H17O2PS/c1-2-16(20(17)18)13-19(14-9-5-3-6-10-14)15-11-7-4-8-12-15/h3-12H,2,13H2,1H3. The first-order valence-corrected chi connectivity index (χ1v) is 9.14. The van der Waals surface area contributed by atoms with Gasteiger partial charge in [0.2, 0.25) is 10.3 Å². The van der Waals surface area contributed by atoms with Gasteiger partial charge < -0.3 is 0 Å². The van der Waals surface area contributed by atoms with Gasteiger partial charge in [-0.05, 0) is 25.0 Å². The van der Waals surface area contributed by atoms with Crippen LogP contribution in [0.4, 0.5) is 0 Å². The Morgan fingerprint density at radius 2 is 1.35 bits per heavy atom. The molecular weight excluding hydrogens is 287 g/mol. The minimum atomic E-state index is -2.09. The molecule has 0 radical (unpaired) electrons. The van der Waals surface area contributed by atoms with Crippen LogP contribution in [0.1, 0.15) is 13.3 Å². The maximum atomic E-state index is 11.3. The minimum Gasteiger partial charge on any atom is -0.185 e. The van der Waals surface area contributed by atoms with Crippen molar-refractivity contribution in [2.75, 3.05) is 6.16 Å². The molecule has 0 saturated heterocycles. The van der Waals surface area contributed by atoms with Crippen LogP contribution >= 0.6 is 7.92 Å². The Morgan fingerprint density at radius 1 is 0.900 bits per heavy atom. The van der Waals surface area contributed by atoms with Crippen molar-refractivity contribution >= 4 is 33.7 Å². The molecule has 2 nitrogen and oxygen atoms in total. The highest BCUT2D eigenvalue weighted by Gasteiger charge is 2.16. The second-order valence-corrected chi connectivity index (χ2v) is 7.64. The highest BCUT2D eigenvalue weighted by molar-refractivity contribution is 7.78. The van der Waals surface area contributed by atoms with Gasteiger partial charge in [0, 0.05) is 6.16 Å². The summed E-state index contributed by atoms with van der Waals surface area (Å²) in [7, 11) is -2.75.